The van der Waals surface area contributed by atoms with Gasteiger partial charge in [-0.3, -0.25) is 0 Å². The molecule has 3 nitrogen and oxygen atoms in total. The number of para-hydroxylation sites is 2. The van der Waals surface area contributed by atoms with Crippen LogP contribution < -0.4 is 5.32 Å². The first-order valence-corrected chi connectivity index (χ1v) is 6.16. The summed E-state index contributed by atoms with van der Waals surface area (Å²) < 4.78 is 5.62. The van der Waals surface area contributed by atoms with Gasteiger partial charge < -0.3 is 9.73 Å². The molecule has 0 saturated heterocycles. The highest BCUT2D eigenvalue weighted by Crippen LogP contribution is 2.17. The van der Waals surface area contributed by atoms with Crippen molar-refractivity contribution in [1.29, 1.82) is 0 Å². The largest absolute Gasteiger partial charge is 0.437 e. The van der Waals surface area contributed by atoms with Gasteiger partial charge in [0, 0.05) is 18.8 Å². The van der Waals surface area contributed by atoms with Crippen molar-refractivity contribution in [2.75, 3.05) is 12.4 Å². The van der Waals surface area contributed by atoms with Gasteiger partial charge in [-0.2, -0.15) is 0 Å². The van der Waals surface area contributed by atoms with Crippen LogP contribution in [0, 0.1) is 0 Å². The number of hydrogen-bond donors (Lipinski definition) is 1. The standard InChI is InChI=1S/C16H14N2O/c1-17-13-9-6-12(7-10-13)8-11-16-18-14-4-2-3-5-15(14)19-16/h2-11,17H,1H3/b11-8+. The molecule has 94 valence electrons. The first-order valence-electron chi connectivity index (χ1n) is 6.16. The van der Waals surface area contributed by atoms with Gasteiger partial charge in [0.05, 0.1) is 0 Å². The van der Waals surface area contributed by atoms with E-state index in [1.165, 1.54) is 0 Å². The van der Waals surface area contributed by atoms with E-state index >= 15 is 0 Å². The number of benzene rings is 2. The fourth-order valence-electron chi connectivity index (χ4n) is 1.89. The zero-order valence-electron chi connectivity index (χ0n) is 10.6. The minimum Gasteiger partial charge on any atom is -0.437 e. The van der Waals surface area contributed by atoms with Gasteiger partial charge in [0.2, 0.25) is 5.89 Å². The highest BCUT2D eigenvalue weighted by atomic mass is 16.3. The maximum Gasteiger partial charge on any atom is 0.220 e. The Morgan fingerprint density at radius 3 is 2.53 bits per heavy atom. The van der Waals surface area contributed by atoms with E-state index in [9.17, 15) is 0 Å². The summed E-state index contributed by atoms with van der Waals surface area (Å²) >= 11 is 0. The fraction of sp³-hybridized carbons (Fsp3) is 0.0625. The topological polar surface area (TPSA) is 38.1 Å². The maximum absolute atomic E-state index is 5.62. The van der Waals surface area contributed by atoms with Crippen molar-refractivity contribution in [2.45, 2.75) is 0 Å². The van der Waals surface area contributed by atoms with Gasteiger partial charge in [-0.15, -0.1) is 0 Å². The van der Waals surface area contributed by atoms with Gasteiger partial charge in [0.1, 0.15) is 5.52 Å². The van der Waals surface area contributed by atoms with E-state index in [1.807, 2.05) is 67.7 Å². The molecule has 0 bridgehead atoms. The second kappa shape index (κ2) is 4.98. The number of aromatic nitrogens is 1. The van der Waals surface area contributed by atoms with Gasteiger partial charge in [-0.05, 0) is 35.9 Å². The molecular weight excluding hydrogens is 236 g/mol. The van der Waals surface area contributed by atoms with E-state index in [-0.39, 0.29) is 0 Å². The molecule has 0 spiro atoms. The summed E-state index contributed by atoms with van der Waals surface area (Å²) in [6.45, 7) is 0. The smallest absolute Gasteiger partial charge is 0.220 e. The van der Waals surface area contributed by atoms with E-state index in [1.54, 1.807) is 0 Å². The molecule has 3 rings (SSSR count). The highest BCUT2D eigenvalue weighted by molar-refractivity contribution is 5.76. The number of nitrogens with zero attached hydrogens (tertiary/aromatic N) is 1. The van der Waals surface area contributed by atoms with E-state index < -0.39 is 0 Å². The van der Waals surface area contributed by atoms with E-state index in [0.717, 1.165) is 22.4 Å². The van der Waals surface area contributed by atoms with Crippen LogP contribution >= 0.6 is 0 Å². The van der Waals surface area contributed by atoms with Crippen LogP contribution in [0.1, 0.15) is 11.5 Å². The van der Waals surface area contributed by atoms with Gasteiger partial charge >= 0.3 is 0 Å². The van der Waals surface area contributed by atoms with E-state index in [2.05, 4.69) is 10.3 Å². The monoisotopic (exact) mass is 250 g/mol. The molecule has 1 aromatic heterocycles. The van der Waals surface area contributed by atoms with Crippen LogP contribution in [0.15, 0.2) is 52.9 Å². The summed E-state index contributed by atoms with van der Waals surface area (Å²) in [7, 11) is 1.91. The third kappa shape index (κ3) is 2.50. The number of oxazole rings is 1. The molecule has 0 amide bonds. The summed E-state index contributed by atoms with van der Waals surface area (Å²) in [6.07, 6.45) is 3.87. The van der Waals surface area contributed by atoms with Crippen molar-refractivity contribution in [3.63, 3.8) is 0 Å². The molecule has 0 unspecified atom stereocenters. The Morgan fingerprint density at radius 2 is 1.79 bits per heavy atom. The Morgan fingerprint density at radius 1 is 1.00 bits per heavy atom. The zero-order valence-corrected chi connectivity index (χ0v) is 10.6. The minimum absolute atomic E-state index is 0.624. The molecule has 0 atom stereocenters. The predicted octanol–water partition coefficient (Wildman–Crippen LogP) is 4.04. The van der Waals surface area contributed by atoms with Gasteiger partial charge in [-0.1, -0.05) is 24.3 Å². The summed E-state index contributed by atoms with van der Waals surface area (Å²) in [5.74, 6) is 0.624. The van der Waals surface area contributed by atoms with Crippen molar-refractivity contribution in [2.24, 2.45) is 0 Å². The Hall–Kier alpha value is -2.55. The van der Waals surface area contributed by atoms with Crippen LogP contribution in [0.5, 0.6) is 0 Å². The molecule has 1 N–H and O–H groups in total. The SMILES string of the molecule is CNc1ccc(/C=C/c2nc3ccccc3o2)cc1. The lowest BCUT2D eigenvalue weighted by atomic mass is 10.2. The third-order valence-electron chi connectivity index (χ3n) is 2.93. The van der Waals surface area contributed by atoms with Crippen molar-refractivity contribution in [3.8, 4) is 0 Å². The van der Waals surface area contributed by atoms with E-state index in [4.69, 9.17) is 4.42 Å². The van der Waals surface area contributed by atoms with Crippen LogP contribution in [-0.2, 0) is 0 Å². The van der Waals surface area contributed by atoms with Crippen molar-refractivity contribution >= 4 is 28.9 Å². The van der Waals surface area contributed by atoms with Gasteiger partial charge in [0.25, 0.3) is 0 Å². The summed E-state index contributed by atoms with van der Waals surface area (Å²) in [5.41, 5.74) is 3.90. The van der Waals surface area contributed by atoms with Crippen molar-refractivity contribution in [1.82, 2.24) is 4.98 Å². The average molecular weight is 250 g/mol. The van der Waals surface area contributed by atoms with Crippen LogP contribution in [0.3, 0.4) is 0 Å². The van der Waals surface area contributed by atoms with Crippen molar-refractivity contribution in [3.05, 3.63) is 60.0 Å². The molecule has 19 heavy (non-hydrogen) atoms. The lowest BCUT2D eigenvalue weighted by Gasteiger charge is -1.98. The summed E-state index contributed by atoms with van der Waals surface area (Å²) in [5, 5.41) is 3.09. The maximum atomic E-state index is 5.62. The second-order valence-electron chi connectivity index (χ2n) is 4.23. The van der Waals surface area contributed by atoms with Gasteiger partial charge in [-0.25, -0.2) is 4.98 Å². The number of anilines is 1. The Labute approximate surface area is 111 Å². The number of rotatable bonds is 3. The predicted molar refractivity (Wildman–Crippen MR) is 78.9 cm³/mol. The minimum atomic E-state index is 0.624. The molecule has 1 heterocycles. The highest BCUT2D eigenvalue weighted by Gasteiger charge is 2.00. The molecule has 0 radical (unpaired) electrons. The molecule has 3 heteroatoms. The van der Waals surface area contributed by atoms with E-state index in [0.29, 0.717) is 5.89 Å². The Bertz CT molecular complexity index is 678. The molecule has 2 aromatic carbocycles. The molecule has 0 fully saturated rings. The lowest BCUT2D eigenvalue weighted by molar-refractivity contribution is 0.590. The summed E-state index contributed by atoms with van der Waals surface area (Å²) in [4.78, 5) is 4.40. The third-order valence-corrected chi connectivity index (χ3v) is 2.93. The average Bonchev–Trinajstić information content (AvgIpc) is 2.88. The molecule has 0 aliphatic heterocycles. The quantitative estimate of drug-likeness (QED) is 0.762. The molecule has 3 aromatic rings. The Kier molecular flexibility index (Phi) is 3.02. The van der Waals surface area contributed by atoms with Crippen LogP contribution in [0.25, 0.3) is 23.3 Å². The van der Waals surface area contributed by atoms with Crippen LogP contribution in [0.4, 0.5) is 5.69 Å². The van der Waals surface area contributed by atoms with Gasteiger partial charge in [0.15, 0.2) is 5.58 Å². The Balaban J connectivity index is 1.84. The first kappa shape index (κ1) is 11.5. The summed E-state index contributed by atoms with van der Waals surface area (Å²) in [6, 6.07) is 15.9. The zero-order chi connectivity index (χ0) is 13.1. The van der Waals surface area contributed by atoms with Crippen molar-refractivity contribution < 1.29 is 4.42 Å². The molecule has 0 saturated carbocycles. The number of hydrogen-bond acceptors (Lipinski definition) is 3. The first-order chi connectivity index (χ1) is 9.35. The lowest BCUT2D eigenvalue weighted by Crippen LogP contribution is -1.86. The molecular formula is C16H14N2O. The fourth-order valence-corrected chi connectivity index (χ4v) is 1.89. The molecule has 0 aliphatic rings. The normalized spacial score (nSPS) is 11.2. The number of nitrogens with one attached hydrogen (secondary N) is 1. The van der Waals surface area contributed by atoms with Crippen LogP contribution in [0.2, 0.25) is 0 Å². The number of fused-ring (bicyclic) bond motifs is 1. The molecule has 0 aliphatic carbocycles. The second-order valence-corrected chi connectivity index (χ2v) is 4.23. The van der Waals surface area contributed by atoms with Crippen LogP contribution in [-0.4, -0.2) is 12.0 Å².